The van der Waals surface area contributed by atoms with Crippen molar-refractivity contribution in [2.45, 2.75) is 45.6 Å². The normalized spacial score (nSPS) is 14.8. The maximum absolute atomic E-state index is 12.6. The molecule has 1 aliphatic carbocycles. The van der Waals surface area contributed by atoms with E-state index in [9.17, 15) is 4.79 Å². The van der Waals surface area contributed by atoms with Crippen LogP contribution in [0.25, 0.3) is 5.57 Å². The molecule has 2 aromatic carbocycles. The Balaban J connectivity index is 1.81. The second-order valence-corrected chi connectivity index (χ2v) is 7.34. The van der Waals surface area contributed by atoms with E-state index in [-0.39, 0.29) is 12.0 Å². The van der Waals surface area contributed by atoms with Crippen molar-refractivity contribution in [3.05, 3.63) is 71.8 Å². The number of ether oxygens (including phenoxy) is 1. The second-order valence-electron chi connectivity index (χ2n) is 7.34. The van der Waals surface area contributed by atoms with Crippen LogP contribution in [-0.4, -0.2) is 6.09 Å². The van der Waals surface area contributed by atoms with E-state index >= 15 is 0 Å². The number of hydrogen-bond acceptors (Lipinski definition) is 2. The molecule has 0 saturated heterocycles. The molecule has 1 N–H and O–H groups in total. The number of hydrogen-bond donors (Lipinski definition) is 1. The first kappa shape index (κ1) is 18.2. The van der Waals surface area contributed by atoms with Crippen molar-refractivity contribution < 1.29 is 9.53 Å². The summed E-state index contributed by atoms with van der Waals surface area (Å²) in [7, 11) is 0. The van der Waals surface area contributed by atoms with Gasteiger partial charge in [-0.1, -0.05) is 69.0 Å². The number of carbonyl (C=O) groups is 1. The Hall–Kier alpha value is -2.55. The summed E-state index contributed by atoms with van der Waals surface area (Å²) in [6, 6.07) is 15.8. The number of benzene rings is 2. The summed E-state index contributed by atoms with van der Waals surface area (Å²) in [6.45, 7) is 10.4. The van der Waals surface area contributed by atoms with Gasteiger partial charge in [-0.05, 0) is 48.3 Å². The molecule has 1 atom stereocenters. The molecule has 0 aliphatic heterocycles. The lowest BCUT2D eigenvalue weighted by Crippen LogP contribution is -2.30. The van der Waals surface area contributed by atoms with Crippen LogP contribution in [0.1, 0.15) is 62.3 Å². The molecule has 1 aliphatic rings. The van der Waals surface area contributed by atoms with Crippen LogP contribution in [0.2, 0.25) is 0 Å². The summed E-state index contributed by atoms with van der Waals surface area (Å²) in [6.07, 6.45) is 1.90. The lowest BCUT2D eigenvalue weighted by atomic mass is 9.94. The predicted octanol–water partition coefficient (Wildman–Crippen LogP) is 6.08. The van der Waals surface area contributed by atoms with Gasteiger partial charge >= 0.3 is 6.09 Å². The summed E-state index contributed by atoms with van der Waals surface area (Å²) >= 11 is 0. The zero-order valence-electron chi connectivity index (χ0n) is 15.8. The van der Waals surface area contributed by atoms with Gasteiger partial charge in [0.2, 0.25) is 0 Å². The predicted molar refractivity (Wildman–Crippen MR) is 106 cm³/mol. The Morgan fingerprint density at radius 2 is 1.77 bits per heavy atom. The lowest BCUT2D eigenvalue weighted by molar-refractivity contribution is 0.196. The van der Waals surface area contributed by atoms with Crippen molar-refractivity contribution in [3.8, 4) is 5.75 Å². The Bertz CT molecular complexity index is 791. The first-order valence-electron chi connectivity index (χ1n) is 9.32. The van der Waals surface area contributed by atoms with Crippen LogP contribution in [0.5, 0.6) is 5.75 Å². The maximum atomic E-state index is 12.6. The van der Waals surface area contributed by atoms with Gasteiger partial charge in [0, 0.05) is 5.56 Å². The number of allylic oxidation sites excluding steroid dienone is 1. The summed E-state index contributed by atoms with van der Waals surface area (Å²) in [5.41, 5.74) is 4.11. The van der Waals surface area contributed by atoms with Crippen molar-refractivity contribution >= 4 is 11.7 Å². The van der Waals surface area contributed by atoms with Gasteiger partial charge in [0.05, 0.1) is 6.04 Å². The third-order valence-corrected chi connectivity index (χ3v) is 4.91. The second kappa shape index (κ2) is 7.77. The largest absolute Gasteiger partial charge is 0.413 e. The lowest BCUT2D eigenvalue weighted by Gasteiger charge is -2.20. The molecule has 3 nitrogen and oxygen atoms in total. The molecule has 3 heteroatoms. The molecule has 0 aromatic heterocycles. The summed E-state index contributed by atoms with van der Waals surface area (Å²) in [5.74, 6) is 1.43. The van der Waals surface area contributed by atoms with E-state index in [4.69, 9.17) is 4.74 Å². The van der Waals surface area contributed by atoms with Crippen molar-refractivity contribution in [2.24, 2.45) is 5.92 Å². The minimum absolute atomic E-state index is 0.120. The van der Waals surface area contributed by atoms with Crippen LogP contribution < -0.4 is 10.1 Å². The summed E-state index contributed by atoms with van der Waals surface area (Å²) in [4.78, 5) is 12.6. The zero-order chi connectivity index (χ0) is 18.7. The molecular weight excluding hydrogens is 322 g/mol. The molecule has 1 unspecified atom stereocenters. The van der Waals surface area contributed by atoms with Gasteiger partial charge < -0.3 is 10.1 Å². The number of carbonyl (C=O) groups excluding carboxylic acids is 1. The van der Waals surface area contributed by atoms with Gasteiger partial charge in [-0.25, -0.2) is 4.79 Å². The molecule has 3 rings (SSSR count). The van der Waals surface area contributed by atoms with E-state index in [0.29, 0.717) is 11.7 Å². The molecular formula is C23H27NO2. The third-order valence-electron chi connectivity index (χ3n) is 4.91. The molecule has 1 fully saturated rings. The highest BCUT2D eigenvalue weighted by atomic mass is 16.6. The zero-order valence-corrected chi connectivity index (χ0v) is 15.8. The number of amides is 1. The highest BCUT2D eigenvalue weighted by Crippen LogP contribution is 2.45. The van der Waals surface area contributed by atoms with Gasteiger partial charge in [-0.2, -0.15) is 0 Å². The van der Waals surface area contributed by atoms with Gasteiger partial charge in [-0.3, -0.25) is 0 Å². The van der Waals surface area contributed by atoms with Crippen molar-refractivity contribution in [3.63, 3.8) is 0 Å². The van der Waals surface area contributed by atoms with Crippen LogP contribution in [0.15, 0.2) is 55.1 Å². The van der Waals surface area contributed by atoms with Crippen LogP contribution in [0.4, 0.5) is 4.79 Å². The average molecular weight is 349 g/mol. The SMILES string of the molecule is C=C(c1cccc(C(C)C)c1OC(=O)NC(C)c1ccccc1)C1CC1. The quantitative estimate of drug-likeness (QED) is 0.686. The molecule has 1 amide bonds. The molecule has 1 saturated carbocycles. The van der Waals surface area contributed by atoms with Crippen molar-refractivity contribution in [1.82, 2.24) is 5.32 Å². The summed E-state index contributed by atoms with van der Waals surface area (Å²) in [5, 5.41) is 2.93. The Kier molecular flexibility index (Phi) is 5.46. The first-order chi connectivity index (χ1) is 12.5. The van der Waals surface area contributed by atoms with E-state index in [1.165, 1.54) is 12.8 Å². The van der Waals surface area contributed by atoms with Crippen LogP contribution in [0.3, 0.4) is 0 Å². The third kappa shape index (κ3) is 4.16. The smallest absolute Gasteiger partial charge is 0.409 e. The average Bonchev–Trinajstić information content (AvgIpc) is 3.47. The van der Waals surface area contributed by atoms with E-state index in [1.807, 2.05) is 55.5 Å². The van der Waals surface area contributed by atoms with Gasteiger partial charge in [0.1, 0.15) is 5.75 Å². The minimum Gasteiger partial charge on any atom is -0.409 e. The number of para-hydroxylation sites is 1. The highest BCUT2D eigenvalue weighted by molar-refractivity contribution is 5.78. The Morgan fingerprint density at radius 3 is 2.38 bits per heavy atom. The molecule has 0 radical (unpaired) electrons. The van der Waals surface area contributed by atoms with E-state index < -0.39 is 6.09 Å². The van der Waals surface area contributed by atoms with Gasteiger partial charge in [0.25, 0.3) is 0 Å². The summed E-state index contributed by atoms with van der Waals surface area (Å²) < 4.78 is 5.82. The first-order valence-corrected chi connectivity index (χ1v) is 9.32. The molecule has 0 spiro atoms. The fourth-order valence-corrected chi connectivity index (χ4v) is 3.15. The fraction of sp³-hybridized carbons (Fsp3) is 0.348. The Morgan fingerprint density at radius 1 is 1.08 bits per heavy atom. The number of nitrogens with one attached hydrogen (secondary N) is 1. The topological polar surface area (TPSA) is 38.3 Å². The van der Waals surface area contributed by atoms with Gasteiger partial charge in [-0.15, -0.1) is 0 Å². The van der Waals surface area contributed by atoms with Crippen LogP contribution in [0, 0.1) is 5.92 Å². The molecule has 0 heterocycles. The van der Waals surface area contributed by atoms with E-state index in [0.717, 1.165) is 22.3 Å². The number of rotatable bonds is 6. The highest BCUT2D eigenvalue weighted by Gasteiger charge is 2.29. The van der Waals surface area contributed by atoms with Crippen LogP contribution in [-0.2, 0) is 0 Å². The van der Waals surface area contributed by atoms with Crippen molar-refractivity contribution in [1.29, 1.82) is 0 Å². The Labute approximate surface area is 156 Å². The molecule has 0 bridgehead atoms. The van der Waals surface area contributed by atoms with Crippen molar-refractivity contribution in [2.75, 3.05) is 0 Å². The molecule has 26 heavy (non-hydrogen) atoms. The monoisotopic (exact) mass is 349 g/mol. The molecule has 136 valence electrons. The standard InChI is InChI=1S/C23H27NO2/c1-15(2)20-11-8-12-21(16(3)18-13-14-18)22(20)26-23(25)24-17(4)19-9-6-5-7-10-19/h5-12,15,17-18H,3,13-14H2,1-2,4H3,(H,24,25). The van der Waals surface area contributed by atoms with E-state index in [2.05, 4.69) is 25.7 Å². The van der Waals surface area contributed by atoms with Crippen LogP contribution >= 0.6 is 0 Å². The van der Waals surface area contributed by atoms with E-state index in [1.54, 1.807) is 0 Å². The minimum atomic E-state index is -0.431. The fourth-order valence-electron chi connectivity index (χ4n) is 3.15. The molecule has 2 aromatic rings. The maximum Gasteiger partial charge on any atom is 0.413 e. The van der Waals surface area contributed by atoms with Gasteiger partial charge in [0.15, 0.2) is 0 Å².